The van der Waals surface area contributed by atoms with Gasteiger partial charge in [-0.05, 0) is 6.42 Å². The van der Waals surface area contributed by atoms with Crippen molar-refractivity contribution in [3.63, 3.8) is 0 Å². The highest BCUT2D eigenvalue weighted by Crippen LogP contribution is 2.07. The van der Waals surface area contributed by atoms with E-state index in [0.717, 1.165) is 0 Å². The largest absolute Gasteiger partial charge is 0.352 e. The van der Waals surface area contributed by atoms with Crippen molar-refractivity contribution in [2.75, 3.05) is 12.3 Å². The van der Waals surface area contributed by atoms with E-state index in [1.54, 1.807) is 12.4 Å². The third kappa shape index (κ3) is 3.48. The first-order valence-corrected chi connectivity index (χ1v) is 7.25. The van der Waals surface area contributed by atoms with Crippen LogP contribution in [0.3, 0.4) is 0 Å². The number of nitrogens with zero attached hydrogens (tertiary/aromatic N) is 3. The molecule has 0 bridgehead atoms. The number of sulfonamides is 1. The Morgan fingerprint density at radius 1 is 1.42 bits per heavy atom. The van der Waals surface area contributed by atoms with E-state index in [4.69, 9.17) is 5.14 Å². The molecule has 0 saturated heterocycles. The second-order valence-corrected chi connectivity index (χ2v) is 5.67. The first kappa shape index (κ1) is 13.4. The number of carbonyl (C=O) groups is 1. The fourth-order valence-corrected chi connectivity index (χ4v) is 2.13. The zero-order chi connectivity index (χ0) is 13.9. The Bertz CT molecular complexity index is 694. The van der Waals surface area contributed by atoms with Crippen molar-refractivity contribution < 1.29 is 13.2 Å². The van der Waals surface area contributed by atoms with Crippen LogP contribution in [-0.4, -0.2) is 41.2 Å². The third-order valence-corrected chi connectivity index (χ3v) is 3.32. The maximum atomic E-state index is 11.9. The Morgan fingerprint density at radius 2 is 2.21 bits per heavy atom. The minimum atomic E-state index is -3.49. The molecule has 102 valence electrons. The van der Waals surface area contributed by atoms with Gasteiger partial charge < -0.3 is 5.32 Å². The van der Waals surface area contributed by atoms with E-state index in [9.17, 15) is 13.2 Å². The summed E-state index contributed by atoms with van der Waals surface area (Å²) in [7, 11) is -3.49. The Labute approximate surface area is 109 Å². The predicted molar refractivity (Wildman–Crippen MR) is 67.9 cm³/mol. The van der Waals surface area contributed by atoms with Crippen LogP contribution >= 0.6 is 0 Å². The molecule has 1 amide bonds. The van der Waals surface area contributed by atoms with Crippen LogP contribution in [-0.2, 0) is 10.0 Å². The summed E-state index contributed by atoms with van der Waals surface area (Å²) in [6.45, 7) is 0.229. The van der Waals surface area contributed by atoms with Crippen LogP contribution in [0.25, 0.3) is 5.52 Å². The molecule has 9 heteroatoms. The molecule has 0 aliphatic rings. The summed E-state index contributed by atoms with van der Waals surface area (Å²) in [5, 5.41) is 11.5. The molecule has 0 aliphatic carbocycles. The van der Waals surface area contributed by atoms with Crippen molar-refractivity contribution in [1.29, 1.82) is 0 Å². The van der Waals surface area contributed by atoms with Crippen LogP contribution in [0.4, 0.5) is 0 Å². The first-order chi connectivity index (χ1) is 8.97. The molecule has 2 aromatic rings. The van der Waals surface area contributed by atoms with Crippen molar-refractivity contribution in [3.05, 3.63) is 30.4 Å². The average molecular weight is 283 g/mol. The number of hydrogen-bond acceptors (Lipinski definition) is 5. The lowest BCUT2D eigenvalue weighted by molar-refractivity contribution is 0.0955. The van der Waals surface area contributed by atoms with E-state index in [1.807, 2.05) is 0 Å². The number of aromatic nitrogens is 3. The second kappa shape index (κ2) is 5.33. The summed E-state index contributed by atoms with van der Waals surface area (Å²) in [5.74, 6) is -0.485. The zero-order valence-corrected chi connectivity index (χ0v) is 10.8. The Hall–Kier alpha value is -2.00. The maximum Gasteiger partial charge on any atom is 0.255 e. The number of hydrogen-bond donors (Lipinski definition) is 2. The highest BCUT2D eigenvalue weighted by atomic mass is 32.2. The number of primary sulfonamides is 1. The number of nitrogens with one attached hydrogen (secondary N) is 1. The Balaban J connectivity index is 1.97. The molecule has 0 atom stereocenters. The van der Waals surface area contributed by atoms with E-state index < -0.39 is 10.0 Å². The number of carbonyl (C=O) groups excluding carboxylic acids is 1. The smallest absolute Gasteiger partial charge is 0.255 e. The fraction of sp³-hybridized carbons (Fsp3) is 0.300. The molecule has 0 spiro atoms. The lowest BCUT2D eigenvalue weighted by Crippen LogP contribution is -2.27. The van der Waals surface area contributed by atoms with Crippen molar-refractivity contribution >= 4 is 21.4 Å². The molecule has 0 aliphatic heterocycles. The molecule has 8 nitrogen and oxygen atoms in total. The Morgan fingerprint density at radius 3 is 2.95 bits per heavy atom. The van der Waals surface area contributed by atoms with Crippen LogP contribution in [0.5, 0.6) is 0 Å². The van der Waals surface area contributed by atoms with Gasteiger partial charge >= 0.3 is 0 Å². The van der Waals surface area contributed by atoms with E-state index in [-0.39, 0.29) is 24.6 Å². The van der Waals surface area contributed by atoms with Gasteiger partial charge in [0.25, 0.3) is 5.91 Å². The zero-order valence-electron chi connectivity index (χ0n) is 9.98. The van der Waals surface area contributed by atoms with Gasteiger partial charge in [0.1, 0.15) is 0 Å². The van der Waals surface area contributed by atoms with Gasteiger partial charge in [-0.2, -0.15) is 5.10 Å². The molecular weight excluding hydrogens is 270 g/mol. The van der Waals surface area contributed by atoms with Crippen LogP contribution < -0.4 is 10.5 Å². The van der Waals surface area contributed by atoms with Crippen LogP contribution in [0, 0.1) is 0 Å². The van der Waals surface area contributed by atoms with Gasteiger partial charge in [0.15, 0.2) is 0 Å². The van der Waals surface area contributed by atoms with Crippen LogP contribution in [0.2, 0.25) is 0 Å². The molecule has 19 heavy (non-hydrogen) atoms. The monoisotopic (exact) mass is 283 g/mol. The average Bonchev–Trinajstić information content (AvgIpc) is 2.77. The normalized spacial score (nSPS) is 11.6. The van der Waals surface area contributed by atoms with Gasteiger partial charge in [-0.25, -0.2) is 18.1 Å². The van der Waals surface area contributed by atoms with Gasteiger partial charge in [-0.3, -0.25) is 9.78 Å². The van der Waals surface area contributed by atoms with Gasteiger partial charge in [0, 0.05) is 18.9 Å². The summed E-state index contributed by atoms with van der Waals surface area (Å²) >= 11 is 0. The van der Waals surface area contributed by atoms with E-state index in [2.05, 4.69) is 15.4 Å². The van der Waals surface area contributed by atoms with Gasteiger partial charge in [-0.15, -0.1) is 0 Å². The lowest BCUT2D eigenvalue weighted by Gasteiger charge is -2.03. The fourth-order valence-electron chi connectivity index (χ4n) is 1.58. The van der Waals surface area contributed by atoms with Gasteiger partial charge in [-0.1, -0.05) is 0 Å². The number of nitrogens with two attached hydrogens (primary N) is 1. The minimum absolute atomic E-state index is 0.163. The standard InChI is InChI=1S/C10H13N5O3S/c11-19(17,18)5-1-2-13-10(16)8-6-14-15-4-3-12-7-9(8)15/h3-4,6-7H,1-2,5H2,(H,13,16)(H2,11,17,18). The summed E-state index contributed by atoms with van der Waals surface area (Å²) < 4.78 is 23.0. The molecule has 2 rings (SSSR count). The highest BCUT2D eigenvalue weighted by Gasteiger charge is 2.12. The second-order valence-electron chi connectivity index (χ2n) is 3.94. The van der Waals surface area contributed by atoms with E-state index in [0.29, 0.717) is 11.1 Å². The van der Waals surface area contributed by atoms with Crippen molar-refractivity contribution in [1.82, 2.24) is 19.9 Å². The third-order valence-electron chi connectivity index (χ3n) is 2.46. The molecular formula is C10H13N5O3S. The molecule has 0 radical (unpaired) electrons. The summed E-state index contributed by atoms with van der Waals surface area (Å²) in [5.41, 5.74) is 0.982. The van der Waals surface area contributed by atoms with Crippen LogP contribution in [0.15, 0.2) is 24.8 Å². The van der Waals surface area contributed by atoms with Gasteiger partial charge in [0.05, 0.1) is 29.2 Å². The quantitative estimate of drug-likeness (QED) is 0.692. The molecule has 3 N–H and O–H groups in total. The SMILES string of the molecule is NS(=O)(=O)CCCNC(=O)c1cnn2ccncc12. The topological polar surface area (TPSA) is 119 Å². The first-order valence-electron chi connectivity index (χ1n) is 5.53. The van der Waals surface area contributed by atoms with Crippen molar-refractivity contribution in [2.45, 2.75) is 6.42 Å². The highest BCUT2D eigenvalue weighted by molar-refractivity contribution is 7.89. The molecule has 0 unspecified atom stereocenters. The molecule has 2 heterocycles. The number of rotatable bonds is 5. The lowest BCUT2D eigenvalue weighted by atomic mass is 10.3. The van der Waals surface area contributed by atoms with E-state index >= 15 is 0 Å². The van der Waals surface area contributed by atoms with Crippen LogP contribution in [0.1, 0.15) is 16.8 Å². The minimum Gasteiger partial charge on any atom is -0.352 e. The van der Waals surface area contributed by atoms with Gasteiger partial charge in [0.2, 0.25) is 10.0 Å². The summed E-state index contributed by atoms with van der Waals surface area (Å²) in [6, 6.07) is 0. The maximum absolute atomic E-state index is 11.9. The summed E-state index contributed by atoms with van der Waals surface area (Å²) in [6.07, 6.45) is 6.43. The predicted octanol–water partition coefficient (Wildman–Crippen LogP) is -0.862. The Kier molecular flexibility index (Phi) is 3.76. The molecule has 0 saturated carbocycles. The molecule has 2 aromatic heterocycles. The van der Waals surface area contributed by atoms with Crippen molar-refractivity contribution in [3.8, 4) is 0 Å². The molecule has 0 aromatic carbocycles. The number of fused-ring (bicyclic) bond motifs is 1. The summed E-state index contributed by atoms with van der Waals surface area (Å²) in [4.78, 5) is 15.8. The number of amides is 1. The van der Waals surface area contributed by atoms with E-state index in [1.165, 1.54) is 16.9 Å². The van der Waals surface area contributed by atoms with Crippen molar-refractivity contribution in [2.24, 2.45) is 5.14 Å². The molecule has 0 fully saturated rings.